The molecule has 0 bridgehead atoms. The topological polar surface area (TPSA) is 41.1 Å². The maximum atomic E-state index is 11.6. The molecule has 1 fully saturated rings. The molecule has 0 spiro atoms. The summed E-state index contributed by atoms with van der Waals surface area (Å²) in [5, 5.41) is 7.75. The highest BCUT2D eigenvalue weighted by molar-refractivity contribution is 7.19. The Labute approximate surface area is 123 Å². The predicted octanol–water partition coefficient (Wildman–Crippen LogP) is 3.22. The minimum atomic E-state index is 0.170. The normalized spacial score (nSPS) is 16.2. The lowest BCUT2D eigenvalue weighted by atomic mass is 10.2. The average molecular weight is 288 g/mol. The van der Waals surface area contributed by atoms with Crippen LogP contribution >= 0.6 is 11.3 Å². The van der Waals surface area contributed by atoms with Crippen LogP contribution in [0.4, 0.5) is 0 Å². The van der Waals surface area contributed by atoms with Crippen molar-refractivity contribution in [2.75, 3.05) is 6.54 Å². The molecule has 1 aromatic heterocycles. The first-order valence-electron chi connectivity index (χ1n) is 7.23. The molecule has 3 rings (SSSR count). The molecule has 1 atom stereocenters. The number of hydrogen-bond acceptors (Lipinski definition) is 3. The van der Waals surface area contributed by atoms with Crippen LogP contribution < -0.4 is 10.6 Å². The third-order valence-corrected chi connectivity index (χ3v) is 4.92. The van der Waals surface area contributed by atoms with E-state index in [1.54, 1.807) is 0 Å². The summed E-state index contributed by atoms with van der Waals surface area (Å²) in [6.45, 7) is 2.89. The molecule has 0 aliphatic heterocycles. The van der Waals surface area contributed by atoms with E-state index in [1.807, 2.05) is 11.3 Å². The van der Waals surface area contributed by atoms with Crippen molar-refractivity contribution in [3.8, 4) is 0 Å². The van der Waals surface area contributed by atoms with Gasteiger partial charge in [-0.1, -0.05) is 18.2 Å². The zero-order valence-corrected chi connectivity index (χ0v) is 12.5. The van der Waals surface area contributed by atoms with Crippen molar-refractivity contribution in [3.63, 3.8) is 0 Å². The van der Waals surface area contributed by atoms with Crippen molar-refractivity contribution < 1.29 is 4.79 Å². The van der Waals surface area contributed by atoms with Crippen molar-refractivity contribution in [3.05, 3.63) is 35.2 Å². The predicted molar refractivity (Wildman–Crippen MR) is 84.0 cm³/mol. The van der Waals surface area contributed by atoms with Crippen LogP contribution in [0.15, 0.2) is 30.3 Å². The van der Waals surface area contributed by atoms with Crippen LogP contribution in [0.1, 0.15) is 37.1 Å². The summed E-state index contributed by atoms with van der Waals surface area (Å²) in [5.74, 6) is 0.170. The number of benzene rings is 1. The molecule has 1 amide bonds. The van der Waals surface area contributed by atoms with E-state index >= 15 is 0 Å². The number of hydrogen-bond donors (Lipinski definition) is 2. The first-order chi connectivity index (χ1) is 9.72. The van der Waals surface area contributed by atoms with Crippen LogP contribution in [0.2, 0.25) is 0 Å². The fourth-order valence-corrected chi connectivity index (χ4v) is 3.34. The summed E-state index contributed by atoms with van der Waals surface area (Å²) < 4.78 is 1.32. The Morgan fingerprint density at radius 3 is 2.95 bits per heavy atom. The van der Waals surface area contributed by atoms with Crippen molar-refractivity contribution in [1.82, 2.24) is 10.6 Å². The van der Waals surface area contributed by atoms with E-state index in [1.165, 1.54) is 15.0 Å². The smallest absolute Gasteiger partial charge is 0.221 e. The van der Waals surface area contributed by atoms with Gasteiger partial charge in [-0.05, 0) is 37.3 Å². The minimum absolute atomic E-state index is 0.170. The molecular formula is C16H20N2OS. The molecule has 2 aromatic rings. The zero-order valence-electron chi connectivity index (χ0n) is 11.7. The second-order valence-corrected chi connectivity index (χ2v) is 6.57. The minimum Gasteiger partial charge on any atom is -0.353 e. The Morgan fingerprint density at radius 2 is 2.20 bits per heavy atom. The maximum absolute atomic E-state index is 11.6. The van der Waals surface area contributed by atoms with Crippen molar-refractivity contribution in [2.24, 2.45) is 0 Å². The van der Waals surface area contributed by atoms with E-state index in [-0.39, 0.29) is 5.91 Å². The molecule has 106 valence electrons. The van der Waals surface area contributed by atoms with Crippen LogP contribution in [0.25, 0.3) is 10.1 Å². The first-order valence-corrected chi connectivity index (χ1v) is 8.05. The monoisotopic (exact) mass is 288 g/mol. The molecule has 1 aliphatic rings. The molecule has 2 N–H and O–H groups in total. The molecule has 1 aromatic carbocycles. The molecule has 1 saturated carbocycles. The van der Waals surface area contributed by atoms with Crippen molar-refractivity contribution in [2.45, 2.75) is 38.3 Å². The van der Waals surface area contributed by atoms with Gasteiger partial charge in [-0.15, -0.1) is 11.3 Å². The second-order valence-electron chi connectivity index (χ2n) is 5.45. The fourth-order valence-electron chi connectivity index (χ4n) is 2.25. The molecule has 4 heteroatoms. The van der Waals surface area contributed by atoms with E-state index in [4.69, 9.17) is 0 Å². The van der Waals surface area contributed by atoms with Gasteiger partial charge in [0, 0.05) is 34.6 Å². The number of nitrogens with one attached hydrogen (secondary N) is 2. The van der Waals surface area contributed by atoms with Gasteiger partial charge < -0.3 is 10.6 Å². The lowest BCUT2D eigenvalue weighted by Gasteiger charge is -2.11. The fraction of sp³-hybridized carbons (Fsp3) is 0.438. The highest BCUT2D eigenvalue weighted by Gasteiger charge is 2.22. The van der Waals surface area contributed by atoms with Gasteiger partial charge in [-0.3, -0.25) is 4.79 Å². The van der Waals surface area contributed by atoms with E-state index in [0.29, 0.717) is 18.5 Å². The summed E-state index contributed by atoms with van der Waals surface area (Å²) in [6.07, 6.45) is 2.86. The number of thiophene rings is 1. The van der Waals surface area contributed by atoms with E-state index in [2.05, 4.69) is 47.9 Å². The average Bonchev–Trinajstić information content (AvgIpc) is 3.13. The molecule has 0 radical (unpaired) electrons. The van der Waals surface area contributed by atoms with Gasteiger partial charge in [0.1, 0.15) is 0 Å². The van der Waals surface area contributed by atoms with Gasteiger partial charge in [0.2, 0.25) is 5.91 Å². The van der Waals surface area contributed by atoms with Crippen molar-refractivity contribution in [1.29, 1.82) is 0 Å². The Hall–Kier alpha value is -1.39. The third kappa shape index (κ3) is 3.38. The molecular weight excluding hydrogens is 268 g/mol. The number of amides is 1. The number of carbonyl (C=O) groups is 1. The molecule has 3 nitrogen and oxygen atoms in total. The van der Waals surface area contributed by atoms with Crippen LogP contribution in [0.3, 0.4) is 0 Å². The van der Waals surface area contributed by atoms with E-state index < -0.39 is 0 Å². The summed E-state index contributed by atoms with van der Waals surface area (Å²) in [7, 11) is 0. The Balaban J connectivity index is 1.50. The van der Waals surface area contributed by atoms with Gasteiger partial charge in [-0.25, -0.2) is 0 Å². The third-order valence-electron chi connectivity index (χ3n) is 3.62. The van der Waals surface area contributed by atoms with E-state index in [0.717, 1.165) is 19.4 Å². The highest BCUT2D eigenvalue weighted by Crippen LogP contribution is 2.29. The molecule has 0 saturated heterocycles. The summed E-state index contributed by atoms with van der Waals surface area (Å²) >= 11 is 1.82. The number of rotatable bonds is 6. The highest BCUT2D eigenvalue weighted by atomic mass is 32.1. The summed E-state index contributed by atoms with van der Waals surface area (Å²) in [6, 6.07) is 11.4. The van der Waals surface area contributed by atoms with E-state index in [9.17, 15) is 4.79 Å². The van der Waals surface area contributed by atoms with Crippen LogP contribution in [0.5, 0.6) is 0 Å². The maximum Gasteiger partial charge on any atom is 0.221 e. The standard InChI is InChI=1S/C16H20N2OS/c1-11(17-9-8-16(19)18-13-6-7-13)15-10-12-4-2-3-5-14(12)20-15/h2-5,10-11,13,17H,6-9H2,1H3,(H,18,19). The van der Waals surface area contributed by atoms with Gasteiger partial charge >= 0.3 is 0 Å². The van der Waals surface area contributed by atoms with Crippen LogP contribution in [-0.4, -0.2) is 18.5 Å². The first kappa shape index (κ1) is 13.6. The largest absolute Gasteiger partial charge is 0.353 e. The quantitative estimate of drug-likeness (QED) is 0.857. The Kier molecular flexibility index (Phi) is 4.03. The molecule has 1 heterocycles. The lowest BCUT2D eigenvalue weighted by Crippen LogP contribution is -2.29. The summed E-state index contributed by atoms with van der Waals surface area (Å²) in [5.41, 5.74) is 0. The number of carbonyl (C=O) groups excluding carboxylic acids is 1. The lowest BCUT2D eigenvalue weighted by molar-refractivity contribution is -0.121. The summed E-state index contributed by atoms with van der Waals surface area (Å²) in [4.78, 5) is 12.9. The number of fused-ring (bicyclic) bond motifs is 1. The SMILES string of the molecule is CC(NCCC(=O)NC1CC1)c1cc2ccccc2s1. The van der Waals surface area contributed by atoms with Gasteiger partial charge in [0.05, 0.1) is 0 Å². The Morgan fingerprint density at radius 1 is 1.40 bits per heavy atom. The molecule has 1 unspecified atom stereocenters. The van der Waals surface area contributed by atoms with Gasteiger partial charge in [-0.2, -0.15) is 0 Å². The van der Waals surface area contributed by atoms with Crippen LogP contribution in [0, 0.1) is 0 Å². The Bertz CT molecular complexity index is 570. The molecule has 20 heavy (non-hydrogen) atoms. The van der Waals surface area contributed by atoms with Crippen LogP contribution in [-0.2, 0) is 4.79 Å². The van der Waals surface area contributed by atoms with Crippen molar-refractivity contribution >= 4 is 27.3 Å². The zero-order chi connectivity index (χ0) is 13.9. The van der Waals surface area contributed by atoms with Gasteiger partial charge in [0.25, 0.3) is 0 Å². The van der Waals surface area contributed by atoms with Gasteiger partial charge in [0.15, 0.2) is 0 Å². The molecule has 1 aliphatic carbocycles. The second kappa shape index (κ2) is 5.94.